The van der Waals surface area contributed by atoms with Crippen LogP contribution in [0.1, 0.15) is 37.0 Å². The van der Waals surface area contributed by atoms with E-state index in [1.165, 1.54) is 0 Å². The van der Waals surface area contributed by atoms with Crippen LogP contribution in [0.5, 0.6) is 0 Å². The van der Waals surface area contributed by atoms with Crippen LogP contribution in [0.2, 0.25) is 5.02 Å². The van der Waals surface area contributed by atoms with Crippen molar-refractivity contribution in [2.24, 2.45) is 0 Å². The van der Waals surface area contributed by atoms with E-state index in [-0.39, 0.29) is 0 Å². The zero-order valence-electron chi connectivity index (χ0n) is 9.05. The minimum absolute atomic E-state index is 0.515. The van der Waals surface area contributed by atoms with E-state index >= 15 is 0 Å². The lowest BCUT2D eigenvalue weighted by molar-refractivity contribution is 0.169. The second kappa shape index (κ2) is 5.80. The first kappa shape index (κ1) is 12.1. The molecule has 0 saturated heterocycles. The second-order valence-corrected chi connectivity index (χ2v) is 3.91. The summed E-state index contributed by atoms with van der Waals surface area (Å²) in [5.41, 5.74) is 1.89. The Morgan fingerprint density at radius 1 is 1.47 bits per heavy atom. The van der Waals surface area contributed by atoms with Gasteiger partial charge >= 0.3 is 0 Å². The first-order valence-electron chi connectivity index (χ1n) is 4.99. The molecule has 0 radical (unpaired) electrons. The van der Waals surface area contributed by atoms with E-state index < -0.39 is 6.10 Å². The molecule has 1 nitrogen and oxygen atoms in total. The molecule has 80 valence electrons. The molecular weight excluding hydrogens is 208 g/mol. The summed E-state index contributed by atoms with van der Waals surface area (Å²) in [6, 6.07) is 5.70. The van der Waals surface area contributed by atoms with E-state index in [9.17, 15) is 5.11 Å². The maximum Gasteiger partial charge on any atom is 0.0813 e. The number of rotatable bonds is 3. The third-order valence-corrected chi connectivity index (χ3v) is 2.56. The molecule has 0 aromatic heterocycles. The number of hydrogen-bond donors (Lipinski definition) is 1. The zero-order valence-corrected chi connectivity index (χ0v) is 9.80. The van der Waals surface area contributed by atoms with Crippen LogP contribution in [0.3, 0.4) is 0 Å². The van der Waals surface area contributed by atoms with Crippen LogP contribution in [0.4, 0.5) is 0 Å². The Bertz CT molecular complexity index is 387. The Labute approximate surface area is 96.1 Å². The van der Waals surface area contributed by atoms with Gasteiger partial charge in [0.1, 0.15) is 0 Å². The number of benzene rings is 1. The summed E-state index contributed by atoms with van der Waals surface area (Å²) < 4.78 is 0. The molecule has 0 fully saturated rings. The van der Waals surface area contributed by atoms with Gasteiger partial charge in [-0.05, 0) is 37.5 Å². The molecule has 1 rings (SSSR count). The van der Waals surface area contributed by atoms with Crippen LogP contribution in [0, 0.1) is 18.8 Å². The van der Waals surface area contributed by atoms with Gasteiger partial charge in [-0.1, -0.05) is 23.7 Å². The van der Waals surface area contributed by atoms with E-state index in [1.807, 2.05) is 25.1 Å². The first-order chi connectivity index (χ1) is 7.15. The number of aliphatic hydroxyl groups is 1. The van der Waals surface area contributed by atoms with Crippen molar-refractivity contribution in [1.29, 1.82) is 0 Å². The summed E-state index contributed by atoms with van der Waals surface area (Å²) in [5.74, 6) is 5.73. The second-order valence-electron chi connectivity index (χ2n) is 3.51. The maximum absolute atomic E-state index is 9.87. The van der Waals surface area contributed by atoms with Crippen LogP contribution >= 0.6 is 11.6 Å². The first-order valence-corrected chi connectivity index (χ1v) is 5.36. The summed E-state index contributed by atoms with van der Waals surface area (Å²) >= 11 is 6.04. The summed E-state index contributed by atoms with van der Waals surface area (Å²) in [6.07, 6.45) is 0.810. The van der Waals surface area contributed by atoms with Crippen molar-refractivity contribution in [3.8, 4) is 11.8 Å². The topological polar surface area (TPSA) is 20.2 Å². The van der Waals surface area contributed by atoms with Crippen molar-refractivity contribution >= 4 is 11.6 Å². The average Bonchev–Trinajstić information content (AvgIpc) is 2.17. The highest BCUT2D eigenvalue weighted by atomic mass is 35.5. The zero-order chi connectivity index (χ0) is 11.3. The SMILES string of the molecule is CC#CCCC(O)c1ccc(C)cc1Cl. The minimum Gasteiger partial charge on any atom is -0.388 e. The Morgan fingerprint density at radius 3 is 2.80 bits per heavy atom. The summed E-state index contributed by atoms with van der Waals surface area (Å²) in [5, 5.41) is 10.5. The third-order valence-electron chi connectivity index (χ3n) is 2.23. The molecule has 0 aliphatic carbocycles. The van der Waals surface area contributed by atoms with Crippen LogP contribution in [-0.2, 0) is 0 Å². The van der Waals surface area contributed by atoms with Crippen LogP contribution in [0.15, 0.2) is 18.2 Å². The molecule has 0 aliphatic rings. The molecule has 0 spiro atoms. The highest BCUT2D eigenvalue weighted by molar-refractivity contribution is 6.31. The van der Waals surface area contributed by atoms with Gasteiger partial charge in [-0.3, -0.25) is 0 Å². The molecule has 0 aliphatic heterocycles. The number of hydrogen-bond acceptors (Lipinski definition) is 1. The van der Waals surface area contributed by atoms with Gasteiger partial charge in [-0.15, -0.1) is 11.8 Å². The number of aryl methyl sites for hydroxylation is 1. The van der Waals surface area contributed by atoms with Crippen LogP contribution in [-0.4, -0.2) is 5.11 Å². The van der Waals surface area contributed by atoms with E-state index in [4.69, 9.17) is 11.6 Å². The van der Waals surface area contributed by atoms with Crippen molar-refractivity contribution in [3.63, 3.8) is 0 Å². The summed E-state index contributed by atoms with van der Waals surface area (Å²) in [6.45, 7) is 3.77. The number of halogens is 1. The van der Waals surface area contributed by atoms with Crippen molar-refractivity contribution in [2.75, 3.05) is 0 Å². The monoisotopic (exact) mass is 222 g/mol. The van der Waals surface area contributed by atoms with Gasteiger partial charge in [-0.25, -0.2) is 0 Å². The van der Waals surface area contributed by atoms with Gasteiger partial charge < -0.3 is 5.11 Å². The van der Waals surface area contributed by atoms with Gasteiger partial charge in [0.25, 0.3) is 0 Å². The van der Waals surface area contributed by atoms with Crippen molar-refractivity contribution in [1.82, 2.24) is 0 Å². The summed E-state index contributed by atoms with van der Waals surface area (Å²) in [4.78, 5) is 0. The fourth-order valence-corrected chi connectivity index (χ4v) is 1.75. The molecule has 0 heterocycles. The standard InChI is InChI=1S/C13H15ClO/c1-3-4-5-6-13(15)11-8-7-10(2)9-12(11)14/h7-9,13,15H,5-6H2,1-2H3. The molecule has 0 saturated carbocycles. The lowest BCUT2D eigenvalue weighted by Gasteiger charge is -2.11. The molecule has 1 N–H and O–H groups in total. The van der Waals surface area contributed by atoms with E-state index in [0.29, 0.717) is 17.9 Å². The fourth-order valence-electron chi connectivity index (χ4n) is 1.39. The van der Waals surface area contributed by atoms with E-state index in [2.05, 4.69) is 11.8 Å². The molecule has 0 amide bonds. The van der Waals surface area contributed by atoms with Gasteiger partial charge in [0.15, 0.2) is 0 Å². The molecule has 1 aromatic carbocycles. The molecule has 1 aromatic rings. The minimum atomic E-state index is -0.515. The smallest absolute Gasteiger partial charge is 0.0813 e. The largest absolute Gasteiger partial charge is 0.388 e. The fraction of sp³-hybridized carbons (Fsp3) is 0.385. The van der Waals surface area contributed by atoms with Gasteiger partial charge in [0.2, 0.25) is 0 Å². The van der Waals surface area contributed by atoms with Crippen molar-refractivity contribution in [3.05, 3.63) is 34.3 Å². The Balaban J connectivity index is 2.71. The summed E-state index contributed by atoms with van der Waals surface area (Å²) in [7, 11) is 0. The molecule has 0 bridgehead atoms. The third kappa shape index (κ3) is 3.58. The predicted molar refractivity (Wildman–Crippen MR) is 63.8 cm³/mol. The average molecular weight is 223 g/mol. The highest BCUT2D eigenvalue weighted by Crippen LogP contribution is 2.26. The van der Waals surface area contributed by atoms with Gasteiger partial charge in [-0.2, -0.15) is 0 Å². The molecule has 1 atom stereocenters. The van der Waals surface area contributed by atoms with Crippen molar-refractivity contribution in [2.45, 2.75) is 32.8 Å². The normalized spacial score (nSPS) is 11.7. The molecule has 1 unspecified atom stereocenters. The van der Waals surface area contributed by atoms with Gasteiger partial charge in [0.05, 0.1) is 6.10 Å². The lowest BCUT2D eigenvalue weighted by atomic mass is 10.0. The maximum atomic E-state index is 9.87. The Hall–Kier alpha value is -0.970. The quantitative estimate of drug-likeness (QED) is 0.777. The number of aliphatic hydroxyl groups excluding tert-OH is 1. The lowest BCUT2D eigenvalue weighted by Crippen LogP contribution is -1.98. The van der Waals surface area contributed by atoms with Crippen LogP contribution in [0.25, 0.3) is 0 Å². The predicted octanol–water partition coefficient (Wildman–Crippen LogP) is 3.49. The molecule has 2 heteroatoms. The highest BCUT2D eigenvalue weighted by Gasteiger charge is 2.10. The van der Waals surface area contributed by atoms with E-state index in [0.717, 1.165) is 11.1 Å². The van der Waals surface area contributed by atoms with Crippen molar-refractivity contribution < 1.29 is 5.11 Å². The molecular formula is C13H15ClO. The Morgan fingerprint density at radius 2 is 2.20 bits per heavy atom. The molecule has 15 heavy (non-hydrogen) atoms. The Kier molecular flexibility index (Phi) is 4.68. The van der Waals surface area contributed by atoms with Crippen LogP contribution < -0.4 is 0 Å². The van der Waals surface area contributed by atoms with Gasteiger partial charge in [0, 0.05) is 11.4 Å². The van der Waals surface area contributed by atoms with E-state index in [1.54, 1.807) is 6.92 Å².